The van der Waals surface area contributed by atoms with Crippen LogP contribution in [-0.4, -0.2) is 0 Å². The van der Waals surface area contributed by atoms with E-state index in [1.807, 2.05) is 19.1 Å². The van der Waals surface area contributed by atoms with Crippen molar-refractivity contribution in [3.8, 4) is 0 Å². The number of hydrogen-bond acceptors (Lipinski definition) is 0. The second kappa shape index (κ2) is 13.5. The lowest BCUT2D eigenvalue weighted by molar-refractivity contribution is 0.393. The van der Waals surface area contributed by atoms with Crippen LogP contribution in [0.3, 0.4) is 0 Å². The predicted octanol–water partition coefficient (Wildman–Crippen LogP) is 10.8. The van der Waals surface area contributed by atoms with Gasteiger partial charge in [0.1, 0.15) is 17.5 Å². The van der Waals surface area contributed by atoms with E-state index in [2.05, 4.69) is 0 Å². The van der Waals surface area contributed by atoms with Gasteiger partial charge in [0.15, 0.2) is 23.3 Å². The quantitative estimate of drug-likeness (QED) is 0.131. The van der Waals surface area contributed by atoms with Gasteiger partial charge in [0.2, 0.25) is 0 Å². The van der Waals surface area contributed by atoms with Crippen molar-refractivity contribution in [1.82, 2.24) is 0 Å². The van der Waals surface area contributed by atoms with E-state index in [-0.39, 0.29) is 47.8 Å². The lowest BCUT2D eigenvalue weighted by Gasteiger charge is -2.29. The minimum Gasteiger partial charge on any atom is -0.209 e. The van der Waals surface area contributed by atoms with Gasteiger partial charge in [0.05, 0.1) is 0 Å². The van der Waals surface area contributed by atoms with Crippen molar-refractivity contribution >= 4 is 5.83 Å². The fraction of sp³-hybridized carbons (Fsp3) is 0.394. The molecule has 1 saturated carbocycles. The van der Waals surface area contributed by atoms with E-state index in [4.69, 9.17) is 0 Å². The Bertz CT molecular complexity index is 1290. The third-order valence-electron chi connectivity index (χ3n) is 7.94. The molecular formula is C33H33F7. The minimum absolute atomic E-state index is 0.0218. The number of allylic oxidation sites excluding steroid dienone is 1. The van der Waals surface area contributed by atoms with Gasteiger partial charge in [-0.05, 0) is 97.7 Å². The Morgan fingerprint density at radius 1 is 0.675 bits per heavy atom. The second-order valence-electron chi connectivity index (χ2n) is 10.7. The molecule has 40 heavy (non-hydrogen) atoms. The Labute approximate surface area is 230 Å². The van der Waals surface area contributed by atoms with Gasteiger partial charge >= 0.3 is 0 Å². The molecule has 0 amide bonds. The van der Waals surface area contributed by atoms with Crippen molar-refractivity contribution in [2.75, 3.05) is 0 Å². The molecule has 0 nitrogen and oxygen atoms in total. The number of benzene rings is 3. The molecule has 3 aromatic rings. The van der Waals surface area contributed by atoms with Gasteiger partial charge in [-0.2, -0.15) is 0 Å². The van der Waals surface area contributed by atoms with Crippen LogP contribution >= 0.6 is 0 Å². The van der Waals surface area contributed by atoms with Crippen LogP contribution in [-0.2, 0) is 12.8 Å². The van der Waals surface area contributed by atoms with E-state index in [0.29, 0.717) is 12.0 Å². The van der Waals surface area contributed by atoms with E-state index < -0.39 is 40.7 Å². The summed E-state index contributed by atoms with van der Waals surface area (Å²) in [4.78, 5) is 0. The molecule has 4 rings (SSSR count). The van der Waals surface area contributed by atoms with Crippen molar-refractivity contribution in [1.29, 1.82) is 0 Å². The Morgan fingerprint density at radius 3 is 1.77 bits per heavy atom. The fourth-order valence-corrected chi connectivity index (χ4v) is 5.58. The largest absolute Gasteiger partial charge is 0.209 e. The summed E-state index contributed by atoms with van der Waals surface area (Å²) >= 11 is 0. The van der Waals surface area contributed by atoms with Crippen LogP contribution < -0.4 is 0 Å². The molecule has 0 unspecified atom stereocenters. The maximum atomic E-state index is 14.9. The van der Waals surface area contributed by atoms with Crippen molar-refractivity contribution < 1.29 is 30.7 Å². The fourth-order valence-electron chi connectivity index (χ4n) is 5.58. The topological polar surface area (TPSA) is 0 Å². The van der Waals surface area contributed by atoms with Crippen LogP contribution in [0.25, 0.3) is 5.83 Å². The second-order valence-corrected chi connectivity index (χ2v) is 10.7. The summed E-state index contributed by atoms with van der Waals surface area (Å²) in [6.45, 7) is 2.01. The number of rotatable bonds is 10. The molecule has 1 aliphatic rings. The Kier molecular flexibility index (Phi) is 10.1. The van der Waals surface area contributed by atoms with Crippen molar-refractivity contribution in [3.05, 3.63) is 111 Å². The molecule has 0 bridgehead atoms. The smallest absolute Gasteiger partial charge is 0.194 e. The molecule has 0 aromatic heterocycles. The summed E-state index contributed by atoms with van der Waals surface area (Å²) < 4.78 is 98.4. The van der Waals surface area contributed by atoms with Gasteiger partial charge < -0.3 is 0 Å². The number of aryl methyl sites for hydroxylation is 1. The van der Waals surface area contributed by atoms with E-state index in [9.17, 15) is 30.7 Å². The zero-order valence-electron chi connectivity index (χ0n) is 22.5. The highest BCUT2D eigenvalue weighted by Crippen LogP contribution is 2.41. The van der Waals surface area contributed by atoms with Crippen LogP contribution in [0.2, 0.25) is 0 Å². The van der Waals surface area contributed by atoms with Crippen LogP contribution in [0.4, 0.5) is 30.7 Å². The van der Waals surface area contributed by atoms with Gasteiger partial charge in [-0.15, -0.1) is 0 Å². The number of halogens is 7. The Hall–Kier alpha value is -3.09. The number of unbranched alkanes of at least 4 members (excludes halogenated alkanes) is 2. The lowest BCUT2D eigenvalue weighted by Crippen LogP contribution is -2.13. The first-order valence-electron chi connectivity index (χ1n) is 13.9. The third kappa shape index (κ3) is 7.15. The van der Waals surface area contributed by atoms with Crippen molar-refractivity contribution in [3.63, 3.8) is 0 Å². The van der Waals surface area contributed by atoms with Gasteiger partial charge in [-0.3, -0.25) is 0 Å². The van der Waals surface area contributed by atoms with Crippen LogP contribution in [0.1, 0.15) is 97.9 Å². The first-order chi connectivity index (χ1) is 19.2. The highest BCUT2D eigenvalue weighted by molar-refractivity contribution is 5.61. The molecule has 0 N–H and O–H groups in total. The molecular weight excluding hydrogens is 529 g/mol. The van der Waals surface area contributed by atoms with Gasteiger partial charge in [0, 0.05) is 17.5 Å². The maximum absolute atomic E-state index is 14.9. The van der Waals surface area contributed by atoms with Crippen LogP contribution in [0.5, 0.6) is 0 Å². The van der Waals surface area contributed by atoms with Gasteiger partial charge in [-0.25, -0.2) is 30.7 Å². The maximum Gasteiger partial charge on any atom is 0.194 e. The average molecular weight is 563 g/mol. The van der Waals surface area contributed by atoms with Crippen LogP contribution in [0.15, 0.2) is 54.4 Å². The van der Waals surface area contributed by atoms with E-state index in [1.54, 1.807) is 12.1 Å². The normalized spacial score (nSPS) is 18.1. The molecule has 7 heteroatoms. The molecule has 0 saturated heterocycles. The van der Waals surface area contributed by atoms with E-state index in [0.717, 1.165) is 56.2 Å². The van der Waals surface area contributed by atoms with Gasteiger partial charge in [0.25, 0.3) is 0 Å². The predicted molar refractivity (Wildman–Crippen MR) is 144 cm³/mol. The number of hydrogen-bond donors (Lipinski definition) is 0. The highest BCUT2D eigenvalue weighted by Gasteiger charge is 2.25. The zero-order valence-corrected chi connectivity index (χ0v) is 22.5. The SMILES string of the molecule is CCCCC/C(F)=C(\F)c1ccc(C2CCC(c3cc(F)c(CCc4cc(F)c(F)c(F)c4)c(F)c3)CC2)cc1. The van der Waals surface area contributed by atoms with Crippen molar-refractivity contribution in [2.24, 2.45) is 0 Å². The highest BCUT2D eigenvalue weighted by atomic mass is 19.2. The summed E-state index contributed by atoms with van der Waals surface area (Å²) in [6.07, 6.45) is 5.37. The average Bonchev–Trinajstić information content (AvgIpc) is 2.95. The third-order valence-corrected chi connectivity index (χ3v) is 7.94. The Morgan fingerprint density at radius 2 is 1.23 bits per heavy atom. The summed E-state index contributed by atoms with van der Waals surface area (Å²) in [5.41, 5.74) is 1.76. The summed E-state index contributed by atoms with van der Waals surface area (Å²) in [5, 5.41) is 0. The molecule has 3 aromatic carbocycles. The summed E-state index contributed by atoms with van der Waals surface area (Å²) in [6, 6.07) is 11.2. The zero-order chi connectivity index (χ0) is 28.8. The molecule has 0 radical (unpaired) electrons. The minimum atomic E-state index is -1.58. The van der Waals surface area contributed by atoms with E-state index in [1.165, 1.54) is 12.1 Å². The lowest BCUT2D eigenvalue weighted by atomic mass is 9.76. The van der Waals surface area contributed by atoms with Crippen molar-refractivity contribution in [2.45, 2.75) is 83.0 Å². The summed E-state index contributed by atoms with van der Waals surface area (Å²) in [7, 11) is 0. The first kappa shape index (κ1) is 29.9. The Balaban J connectivity index is 1.35. The van der Waals surface area contributed by atoms with Crippen LogP contribution in [0, 0.1) is 29.1 Å². The molecule has 214 valence electrons. The molecule has 1 fully saturated rings. The summed E-state index contributed by atoms with van der Waals surface area (Å²) in [5.74, 6) is -7.01. The molecule has 1 aliphatic carbocycles. The first-order valence-corrected chi connectivity index (χ1v) is 13.9. The molecule has 0 atom stereocenters. The molecule has 0 spiro atoms. The molecule has 0 heterocycles. The van der Waals surface area contributed by atoms with Gasteiger partial charge in [-0.1, -0.05) is 44.0 Å². The molecule has 0 aliphatic heterocycles. The monoisotopic (exact) mass is 562 g/mol. The van der Waals surface area contributed by atoms with E-state index >= 15 is 0 Å². The standard InChI is InChI=1S/C33H33F7/c1-2-3-4-5-27(34)32(39)24-13-11-22(12-14-24)21-7-9-23(10-8-21)25-18-28(35)26(29(36)19-25)15-6-20-16-30(37)33(40)31(38)17-20/h11-14,16-19,21,23H,2-10,15H2,1H3/b32-27+.